The Kier molecular flexibility index (Phi) is 4.78. The van der Waals surface area contributed by atoms with E-state index in [0.717, 1.165) is 12.1 Å². The van der Waals surface area contributed by atoms with E-state index in [9.17, 15) is 13.6 Å². The Morgan fingerprint density at radius 3 is 2.44 bits per heavy atom. The van der Waals surface area contributed by atoms with E-state index in [1.165, 1.54) is 11.0 Å². The van der Waals surface area contributed by atoms with Crippen LogP contribution in [-0.2, 0) is 11.3 Å². The van der Waals surface area contributed by atoms with E-state index in [2.05, 4.69) is 0 Å². The monoisotopic (exact) mass is 256 g/mol. The highest BCUT2D eigenvalue weighted by Crippen LogP contribution is 2.11. The predicted octanol–water partition coefficient (Wildman–Crippen LogP) is 1.91. The van der Waals surface area contributed by atoms with Gasteiger partial charge in [0, 0.05) is 13.6 Å². The van der Waals surface area contributed by atoms with E-state index in [1.54, 1.807) is 7.05 Å². The number of likely N-dealkylation sites (N-methyl/N-ethyl adjacent to an activating group) is 1. The van der Waals surface area contributed by atoms with E-state index in [1.807, 2.05) is 13.8 Å². The maximum atomic E-state index is 13.0. The first kappa shape index (κ1) is 14.6. The summed E-state index contributed by atoms with van der Waals surface area (Å²) in [6, 6.07) is 2.99. The summed E-state index contributed by atoms with van der Waals surface area (Å²) in [5.74, 6) is -1.99. The van der Waals surface area contributed by atoms with Crippen LogP contribution in [0.4, 0.5) is 8.78 Å². The average molecular weight is 256 g/mol. The van der Waals surface area contributed by atoms with Gasteiger partial charge in [0.25, 0.3) is 0 Å². The minimum atomic E-state index is -0.915. The molecule has 0 heterocycles. The molecule has 1 atom stereocenters. The standard InChI is InChI=1S/C13H18F2N2O/c1-8(2)12(16)13(18)17(3)7-9-4-5-10(14)11(15)6-9/h4-6,8,12H,7,16H2,1-3H3/t12-/m0/s1. The quantitative estimate of drug-likeness (QED) is 0.894. The van der Waals surface area contributed by atoms with E-state index in [4.69, 9.17) is 5.73 Å². The van der Waals surface area contributed by atoms with Gasteiger partial charge in [-0.3, -0.25) is 4.79 Å². The largest absolute Gasteiger partial charge is 0.340 e. The Bertz CT molecular complexity index is 435. The molecule has 0 fully saturated rings. The molecule has 0 aliphatic rings. The highest BCUT2D eigenvalue weighted by Gasteiger charge is 2.21. The van der Waals surface area contributed by atoms with Gasteiger partial charge in [-0.05, 0) is 23.6 Å². The van der Waals surface area contributed by atoms with Crippen LogP contribution in [0.25, 0.3) is 0 Å². The summed E-state index contributed by atoms with van der Waals surface area (Å²) in [5.41, 5.74) is 6.27. The van der Waals surface area contributed by atoms with Crippen molar-refractivity contribution in [1.82, 2.24) is 4.90 Å². The molecule has 0 aromatic heterocycles. The van der Waals surface area contributed by atoms with Gasteiger partial charge in [-0.1, -0.05) is 19.9 Å². The number of amides is 1. The number of carbonyl (C=O) groups is 1. The van der Waals surface area contributed by atoms with Crippen molar-refractivity contribution in [3.63, 3.8) is 0 Å². The second-order valence-electron chi connectivity index (χ2n) is 4.71. The fraction of sp³-hybridized carbons (Fsp3) is 0.462. The van der Waals surface area contributed by atoms with Crippen LogP contribution in [0, 0.1) is 17.6 Å². The molecule has 0 bridgehead atoms. The lowest BCUT2D eigenvalue weighted by molar-refractivity contribution is -0.132. The van der Waals surface area contributed by atoms with Gasteiger partial charge in [-0.2, -0.15) is 0 Å². The molecule has 1 aromatic rings. The second kappa shape index (κ2) is 5.91. The molecule has 0 aliphatic carbocycles. The molecule has 2 N–H and O–H groups in total. The van der Waals surface area contributed by atoms with E-state index < -0.39 is 17.7 Å². The van der Waals surface area contributed by atoms with Gasteiger partial charge < -0.3 is 10.6 Å². The number of carbonyl (C=O) groups excluding carboxylic acids is 1. The average Bonchev–Trinajstić information content (AvgIpc) is 2.31. The van der Waals surface area contributed by atoms with Crippen molar-refractivity contribution in [3.8, 4) is 0 Å². The second-order valence-corrected chi connectivity index (χ2v) is 4.71. The van der Waals surface area contributed by atoms with Crippen molar-refractivity contribution in [3.05, 3.63) is 35.4 Å². The molecular weight excluding hydrogens is 238 g/mol. The maximum absolute atomic E-state index is 13.0. The topological polar surface area (TPSA) is 46.3 Å². The van der Waals surface area contributed by atoms with Crippen LogP contribution in [0.3, 0.4) is 0 Å². The summed E-state index contributed by atoms with van der Waals surface area (Å²) in [7, 11) is 1.59. The zero-order valence-electron chi connectivity index (χ0n) is 10.8. The van der Waals surface area contributed by atoms with E-state index >= 15 is 0 Å². The van der Waals surface area contributed by atoms with Gasteiger partial charge in [0.1, 0.15) is 0 Å². The lowest BCUT2D eigenvalue weighted by atomic mass is 10.0. The van der Waals surface area contributed by atoms with Crippen LogP contribution in [0.2, 0.25) is 0 Å². The Morgan fingerprint density at radius 1 is 1.33 bits per heavy atom. The van der Waals surface area contributed by atoms with Crippen molar-refractivity contribution in [2.24, 2.45) is 11.7 Å². The fourth-order valence-corrected chi connectivity index (χ4v) is 1.53. The Labute approximate surface area is 106 Å². The zero-order chi connectivity index (χ0) is 13.9. The minimum Gasteiger partial charge on any atom is -0.340 e. The number of halogens is 2. The first-order valence-corrected chi connectivity index (χ1v) is 5.77. The first-order valence-electron chi connectivity index (χ1n) is 5.77. The molecule has 100 valence electrons. The minimum absolute atomic E-state index is 0.0323. The molecule has 0 saturated heterocycles. The number of benzene rings is 1. The molecule has 0 spiro atoms. The molecule has 1 amide bonds. The molecular formula is C13H18F2N2O. The molecule has 5 heteroatoms. The summed E-state index contributed by atoms with van der Waals surface area (Å²) < 4.78 is 25.8. The molecule has 3 nitrogen and oxygen atoms in total. The predicted molar refractivity (Wildman–Crippen MR) is 65.6 cm³/mol. The smallest absolute Gasteiger partial charge is 0.239 e. The summed E-state index contributed by atoms with van der Waals surface area (Å²) in [4.78, 5) is 13.3. The number of nitrogens with two attached hydrogens (primary N) is 1. The molecule has 18 heavy (non-hydrogen) atoms. The Morgan fingerprint density at radius 2 is 1.94 bits per heavy atom. The van der Waals surface area contributed by atoms with Crippen LogP contribution in [0.15, 0.2) is 18.2 Å². The van der Waals surface area contributed by atoms with Gasteiger partial charge in [0.15, 0.2) is 11.6 Å². The zero-order valence-corrected chi connectivity index (χ0v) is 10.8. The Balaban J connectivity index is 2.72. The van der Waals surface area contributed by atoms with Crippen LogP contribution >= 0.6 is 0 Å². The van der Waals surface area contributed by atoms with Crippen molar-refractivity contribution < 1.29 is 13.6 Å². The van der Waals surface area contributed by atoms with Gasteiger partial charge >= 0.3 is 0 Å². The lowest BCUT2D eigenvalue weighted by Crippen LogP contribution is -2.44. The van der Waals surface area contributed by atoms with Crippen molar-refractivity contribution in [2.45, 2.75) is 26.4 Å². The van der Waals surface area contributed by atoms with Gasteiger partial charge in [0.2, 0.25) is 5.91 Å². The summed E-state index contributed by atoms with van der Waals surface area (Å²) in [6.07, 6.45) is 0. The highest BCUT2D eigenvalue weighted by atomic mass is 19.2. The third-order valence-corrected chi connectivity index (χ3v) is 2.78. The first-order chi connectivity index (χ1) is 8.32. The Hall–Kier alpha value is -1.49. The summed E-state index contributed by atoms with van der Waals surface area (Å²) in [6.45, 7) is 3.92. The van der Waals surface area contributed by atoms with Crippen LogP contribution in [0.5, 0.6) is 0 Å². The molecule has 1 aromatic carbocycles. The number of hydrogen-bond acceptors (Lipinski definition) is 2. The lowest BCUT2D eigenvalue weighted by Gasteiger charge is -2.23. The van der Waals surface area contributed by atoms with E-state index in [-0.39, 0.29) is 18.4 Å². The third-order valence-electron chi connectivity index (χ3n) is 2.78. The number of rotatable bonds is 4. The highest BCUT2D eigenvalue weighted by molar-refractivity contribution is 5.81. The summed E-state index contributed by atoms with van der Waals surface area (Å²) in [5, 5.41) is 0. The van der Waals surface area contributed by atoms with Crippen LogP contribution in [0.1, 0.15) is 19.4 Å². The molecule has 0 radical (unpaired) electrons. The van der Waals surface area contributed by atoms with Gasteiger partial charge in [0.05, 0.1) is 6.04 Å². The molecule has 0 unspecified atom stereocenters. The number of hydrogen-bond donors (Lipinski definition) is 1. The SMILES string of the molecule is CC(C)[C@H](N)C(=O)N(C)Cc1ccc(F)c(F)c1. The maximum Gasteiger partial charge on any atom is 0.239 e. The van der Waals surface area contributed by atoms with Gasteiger partial charge in [-0.15, -0.1) is 0 Å². The van der Waals surface area contributed by atoms with Crippen LogP contribution < -0.4 is 5.73 Å². The fourth-order valence-electron chi connectivity index (χ4n) is 1.53. The number of nitrogens with zero attached hydrogens (tertiary/aromatic N) is 1. The van der Waals surface area contributed by atoms with Crippen LogP contribution in [-0.4, -0.2) is 23.9 Å². The van der Waals surface area contributed by atoms with Gasteiger partial charge in [-0.25, -0.2) is 8.78 Å². The normalized spacial score (nSPS) is 12.6. The van der Waals surface area contributed by atoms with Crippen molar-refractivity contribution in [2.75, 3.05) is 7.05 Å². The van der Waals surface area contributed by atoms with Crippen molar-refractivity contribution in [1.29, 1.82) is 0 Å². The molecule has 0 saturated carbocycles. The third kappa shape index (κ3) is 3.50. The van der Waals surface area contributed by atoms with Crippen molar-refractivity contribution >= 4 is 5.91 Å². The van der Waals surface area contributed by atoms with E-state index in [0.29, 0.717) is 5.56 Å². The summed E-state index contributed by atoms with van der Waals surface area (Å²) >= 11 is 0. The molecule has 1 rings (SSSR count). The molecule has 0 aliphatic heterocycles.